The van der Waals surface area contributed by atoms with Crippen LogP contribution in [0.4, 0.5) is 18.0 Å². The summed E-state index contributed by atoms with van der Waals surface area (Å²) in [6, 6.07) is 1.96. The molecule has 33 heavy (non-hydrogen) atoms. The van der Waals surface area contributed by atoms with Crippen LogP contribution in [0.5, 0.6) is 5.88 Å². The van der Waals surface area contributed by atoms with Crippen LogP contribution in [0.25, 0.3) is 0 Å². The zero-order chi connectivity index (χ0) is 24.7. The molecule has 1 spiro atoms. The maximum Gasteiger partial charge on any atom is 0.421 e. The van der Waals surface area contributed by atoms with Gasteiger partial charge in [0.05, 0.1) is 5.41 Å². The van der Waals surface area contributed by atoms with Crippen molar-refractivity contribution in [3.63, 3.8) is 0 Å². The monoisotopic (exact) mass is 471 g/mol. The molecular weight excluding hydrogens is 439 g/mol. The quantitative estimate of drug-likeness (QED) is 0.688. The lowest BCUT2D eigenvalue weighted by molar-refractivity contribution is -0.139. The Hall–Kier alpha value is -2.52. The van der Waals surface area contributed by atoms with Gasteiger partial charge in [0, 0.05) is 30.7 Å². The fraction of sp³-hybridized carbons (Fsp3) is 0.696. The highest BCUT2D eigenvalue weighted by Crippen LogP contribution is 2.52. The van der Waals surface area contributed by atoms with Crippen LogP contribution in [0.1, 0.15) is 59.4 Å². The fourth-order valence-electron chi connectivity index (χ4n) is 3.92. The summed E-state index contributed by atoms with van der Waals surface area (Å²) in [4.78, 5) is 30.8. The van der Waals surface area contributed by atoms with E-state index in [1.54, 1.807) is 18.7 Å². The predicted octanol–water partition coefficient (Wildman–Crippen LogP) is 4.41. The molecule has 1 aromatic rings. The summed E-state index contributed by atoms with van der Waals surface area (Å²) in [5, 5.41) is 3.06. The summed E-state index contributed by atoms with van der Waals surface area (Å²) in [5.74, 6) is -0.857. The van der Waals surface area contributed by atoms with E-state index in [0.717, 1.165) is 18.9 Å². The second-order valence-corrected chi connectivity index (χ2v) is 10.6. The normalized spacial score (nSPS) is 20.4. The first-order chi connectivity index (χ1) is 15.1. The number of aromatic nitrogens is 1. The standard InChI is InChI=1S/C23H32F3N3O4/c1-20(2,3)33-19(31)29-12-8-16(22(13-29)9-10-22)28-18(30)21(4,5)14-32-17-15(23(24,25)26)7-6-11-27-17/h6-7,11,16H,8-10,12-14H2,1-5H3,(H,28,30). The number of carbonyl (C=O) groups excluding carboxylic acids is 2. The van der Waals surface area contributed by atoms with Crippen molar-refractivity contribution in [1.29, 1.82) is 0 Å². The molecule has 1 N–H and O–H groups in total. The van der Waals surface area contributed by atoms with Crippen LogP contribution in [0, 0.1) is 10.8 Å². The number of pyridine rings is 1. The van der Waals surface area contributed by atoms with Gasteiger partial charge in [0.2, 0.25) is 11.8 Å². The number of halogens is 3. The third kappa shape index (κ3) is 6.09. The van der Waals surface area contributed by atoms with E-state index in [1.165, 1.54) is 12.3 Å². The van der Waals surface area contributed by atoms with Crippen molar-refractivity contribution < 1.29 is 32.2 Å². The number of piperidine rings is 1. The topological polar surface area (TPSA) is 80.8 Å². The van der Waals surface area contributed by atoms with Crippen molar-refractivity contribution in [1.82, 2.24) is 15.2 Å². The summed E-state index contributed by atoms with van der Waals surface area (Å²) in [6.07, 6.45) is -1.39. The number of nitrogens with one attached hydrogen (secondary N) is 1. The molecule has 184 valence electrons. The minimum atomic E-state index is -4.60. The van der Waals surface area contributed by atoms with E-state index in [0.29, 0.717) is 19.5 Å². The number of likely N-dealkylation sites (tertiary alicyclic amines) is 1. The average molecular weight is 472 g/mol. The first kappa shape index (κ1) is 25.1. The second kappa shape index (κ2) is 8.68. The molecule has 1 aromatic heterocycles. The molecule has 1 saturated heterocycles. The predicted molar refractivity (Wildman–Crippen MR) is 115 cm³/mol. The van der Waals surface area contributed by atoms with E-state index in [1.807, 2.05) is 20.8 Å². The number of ether oxygens (including phenoxy) is 2. The van der Waals surface area contributed by atoms with Gasteiger partial charge >= 0.3 is 12.3 Å². The lowest BCUT2D eigenvalue weighted by atomic mass is 9.86. The zero-order valence-electron chi connectivity index (χ0n) is 19.7. The Morgan fingerprint density at radius 3 is 2.45 bits per heavy atom. The third-order valence-electron chi connectivity index (χ3n) is 6.04. The van der Waals surface area contributed by atoms with Crippen molar-refractivity contribution in [2.75, 3.05) is 19.7 Å². The number of amides is 2. The molecule has 1 atom stereocenters. The molecule has 2 aliphatic rings. The Kier molecular flexibility index (Phi) is 6.61. The first-order valence-corrected chi connectivity index (χ1v) is 11.1. The number of alkyl halides is 3. The maximum atomic E-state index is 13.2. The van der Waals surface area contributed by atoms with Crippen molar-refractivity contribution in [2.24, 2.45) is 10.8 Å². The number of carbonyl (C=O) groups is 2. The van der Waals surface area contributed by atoms with Gasteiger partial charge in [-0.15, -0.1) is 0 Å². The van der Waals surface area contributed by atoms with Gasteiger partial charge in [0.25, 0.3) is 0 Å². The minimum Gasteiger partial charge on any atom is -0.476 e. The van der Waals surface area contributed by atoms with Gasteiger partial charge in [0.1, 0.15) is 17.8 Å². The molecule has 1 unspecified atom stereocenters. The Balaban J connectivity index is 1.60. The highest BCUT2D eigenvalue weighted by Gasteiger charge is 2.54. The highest BCUT2D eigenvalue weighted by atomic mass is 19.4. The maximum absolute atomic E-state index is 13.2. The Bertz CT molecular complexity index is 892. The number of nitrogens with zero attached hydrogens (tertiary/aromatic N) is 2. The number of hydrogen-bond acceptors (Lipinski definition) is 5. The minimum absolute atomic E-state index is 0.122. The fourth-order valence-corrected chi connectivity index (χ4v) is 3.92. The van der Waals surface area contributed by atoms with Crippen LogP contribution < -0.4 is 10.1 Å². The van der Waals surface area contributed by atoms with Gasteiger partial charge in [0.15, 0.2) is 0 Å². The smallest absolute Gasteiger partial charge is 0.421 e. The molecule has 1 saturated carbocycles. The van der Waals surface area contributed by atoms with Crippen molar-refractivity contribution in [3.05, 3.63) is 23.9 Å². The van der Waals surface area contributed by atoms with E-state index >= 15 is 0 Å². The molecule has 10 heteroatoms. The van der Waals surface area contributed by atoms with Crippen molar-refractivity contribution in [3.8, 4) is 5.88 Å². The Labute approximate surface area is 192 Å². The molecule has 2 fully saturated rings. The van der Waals surface area contributed by atoms with Gasteiger partial charge in [-0.25, -0.2) is 9.78 Å². The van der Waals surface area contributed by atoms with Gasteiger partial charge in [-0.3, -0.25) is 4.79 Å². The number of rotatable bonds is 5. The lowest BCUT2D eigenvalue weighted by Gasteiger charge is -2.41. The average Bonchev–Trinajstić information content (AvgIpc) is 3.46. The molecule has 2 amide bonds. The van der Waals surface area contributed by atoms with E-state index in [9.17, 15) is 22.8 Å². The Morgan fingerprint density at radius 1 is 1.21 bits per heavy atom. The summed E-state index contributed by atoms with van der Waals surface area (Å²) in [7, 11) is 0. The van der Waals surface area contributed by atoms with E-state index in [2.05, 4.69) is 10.3 Å². The van der Waals surface area contributed by atoms with Gasteiger partial charge in [-0.05, 0) is 66.0 Å². The van der Waals surface area contributed by atoms with Crippen molar-refractivity contribution >= 4 is 12.0 Å². The first-order valence-electron chi connectivity index (χ1n) is 11.1. The highest BCUT2D eigenvalue weighted by molar-refractivity contribution is 5.82. The van der Waals surface area contributed by atoms with E-state index in [4.69, 9.17) is 9.47 Å². The molecule has 2 heterocycles. The lowest BCUT2D eigenvalue weighted by Crippen LogP contribution is -2.56. The second-order valence-electron chi connectivity index (χ2n) is 10.6. The molecule has 0 radical (unpaired) electrons. The van der Waals surface area contributed by atoms with Gasteiger partial charge < -0.3 is 19.7 Å². The van der Waals surface area contributed by atoms with Crippen LogP contribution in [-0.4, -0.2) is 53.2 Å². The molecular formula is C23H32F3N3O4. The molecule has 1 aliphatic carbocycles. The van der Waals surface area contributed by atoms with Crippen LogP contribution in [0.15, 0.2) is 18.3 Å². The van der Waals surface area contributed by atoms with Crippen molar-refractivity contribution in [2.45, 2.75) is 71.7 Å². The van der Waals surface area contributed by atoms with Gasteiger partial charge in [-0.2, -0.15) is 13.2 Å². The summed E-state index contributed by atoms with van der Waals surface area (Å²) in [6.45, 7) is 9.39. The van der Waals surface area contributed by atoms with E-state index < -0.39 is 28.6 Å². The summed E-state index contributed by atoms with van der Waals surface area (Å²) in [5.41, 5.74) is -2.83. The summed E-state index contributed by atoms with van der Waals surface area (Å²) >= 11 is 0. The molecule has 3 rings (SSSR count). The largest absolute Gasteiger partial charge is 0.476 e. The molecule has 0 aromatic carbocycles. The number of hydrogen-bond donors (Lipinski definition) is 1. The van der Waals surface area contributed by atoms with Crippen LogP contribution >= 0.6 is 0 Å². The van der Waals surface area contributed by atoms with Crippen LogP contribution in [-0.2, 0) is 15.7 Å². The van der Waals surface area contributed by atoms with Crippen LogP contribution in [0.2, 0.25) is 0 Å². The zero-order valence-corrected chi connectivity index (χ0v) is 19.7. The van der Waals surface area contributed by atoms with Crippen LogP contribution in [0.3, 0.4) is 0 Å². The third-order valence-corrected chi connectivity index (χ3v) is 6.04. The summed E-state index contributed by atoms with van der Waals surface area (Å²) < 4.78 is 50.3. The SMILES string of the molecule is CC(C)(C)OC(=O)N1CCC(NC(=O)C(C)(C)COc2ncccc2C(F)(F)F)C2(CC2)C1. The molecule has 7 nitrogen and oxygen atoms in total. The van der Waals surface area contributed by atoms with E-state index in [-0.39, 0.29) is 30.1 Å². The Morgan fingerprint density at radius 2 is 1.88 bits per heavy atom. The molecule has 0 bridgehead atoms. The molecule has 1 aliphatic heterocycles. The van der Waals surface area contributed by atoms with Gasteiger partial charge in [-0.1, -0.05) is 0 Å².